The third-order valence-corrected chi connectivity index (χ3v) is 4.13. The predicted octanol–water partition coefficient (Wildman–Crippen LogP) is 3.56. The van der Waals surface area contributed by atoms with Crippen molar-refractivity contribution in [3.8, 4) is 0 Å². The van der Waals surface area contributed by atoms with Gasteiger partial charge in [-0.15, -0.1) is 0 Å². The molecular weight excluding hydrogens is 210 g/mol. The van der Waals surface area contributed by atoms with Crippen molar-refractivity contribution in [1.82, 2.24) is 4.90 Å². The minimum absolute atomic E-state index is 0.265. The van der Waals surface area contributed by atoms with Gasteiger partial charge in [-0.25, -0.2) is 0 Å². The van der Waals surface area contributed by atoms with Crippen LogP contribution in [0.3, 0.4) is 0 Å². The maximum Gasteiger partial charge on any atom is 0.0589 e. The molecule has 0 saturated heterocycles. The minimum atomic E-state index is 0.265. The Morgan fingerprint density at radius 1 is 1.12 bits per heavy atom. The lowest BCUT2D eigenvalue weighted by Gasteiger charge is -2.39. The smallest absolute Gasteiger partial charge is 0.0589 e. The Morgan fingerprint density at radius 3 is 2.18 bits per heavy atom. The number of hydrogen-bond donors (Lipinski definition) is 0. The summed E-state index contributed by atoms with van der Waals surface area (Å²) >= 11 is 0. The molecule has 0 spiro atoms. The van der Waals surface area contributed by atoms with E-state index in [1.165, 1.54) is 32.2 Å². The summed E-state index contributed by atoms with van der Waals surface area (Å²) in [4.78, 5) is 2.59. The molecule has 0 unspecified atom stereocenters. The third-order valence-electron chi connectivity index (χ3n) is 4.13. The fourth-order valence-corrected chi connectivity index (χ4v) is 2.73. The largest absolute Gasteiger partial charge is 0.383 e. The second-order valence-electron chi connectivity index (χ2n) is 6.74. The SMILES string of the molecule is COCCN(C[C@H]1CC[C@H](C)CC1)C(C)(C)C. The van der Waals surface area contributed by atoms with Crippen LogP contribution in [0.1, 0.15) is 53.4 Å². The highest BCUT2D eigenvalue weighted by atomic mass is 16.5. The lowest BCUT2D eigenvalue weighted by Crippen LogP contribution is -2.46. The minimum Gasteiger partial charge on any atom is -0.383 e. The van der Waals surface area contributed by atoms with Crippen molar-refractivity contribution in [2.24, 2.45) is 11.8 Å². The second kappa shape index (κ2) is 6.75. The molecule has 1 aliphatic rings. The molecule has 1 fully saturated rings. The van der Waals surface area contributed by atoms with Gasteiger partial charge in [0.2, 0.25) is 0 Å². The van der Waals surface area contributed by atoms with Crippen LogP contribution >= 0.6 is 0 Å². The first kappa shape index (κ1) is 15.0. The van der Waals surface area contributed by atoms with Gasteiger partial charge in [0.05, 0.1) is 6.61 Å². The van der Waals surface area contributed by atoms with Crippen molar-refractivity contribution >= 4 is 0 Å². The lowest BCUT2D eigenvalue weighted by molar-refractivity contribution is 0.0633. The van der Waals surface area contributed by atoms with E-state index in [-0.39, 0.29) is 5.54 Å². The zero-order chi connectivity index (χ0) is 12.9. The predicted molar refractivity (Wildman–Crippen MR) is 74.3 cm³/mol. The van der Waals surface area contributed by atoms with Gasteiger partial charge >= 0.3 is 0 Å². The summed E-state index contributed by atoms with van der Waals surface area (Å²) in [7, 11) is 1.79. The van der Waals surface area contributed by atoms with Gasteiger partial charge in [-0.2, -0.15) is 0 Å². The fourth-order valence-electron chi connectivity index (χ4n) is 2.73. The molecule has 0 atom stereocenters. The Balaban J connectivity index is 2.42. The summed E-state index contributed by atoms with van der Waals surface area (Å²) in [6.45, 7) is 12.5. The molecule has 2 nitrogen and oxygen atoms in total. The Kier molecular flexibility index (Phi) is 5.94. The van der Waals surface area contributed by atoms with Crippen LogP contribution in [0.4, 0.5) is 0 Å². The molecule has 0 bridgehead atoms. The summed E-state index contributed by atoms with van der Waals surface area (Å²) in [5.41, 5.74) is 0.265. The summed E-state index contributed by atoms with van der Waals surface area (Å²) in [5.74, 6) is 1.86. The van der Waals surface area contributed by atoms with E-state index in [0.29, 0.717) is 0 Å². The van der Waals surface area contributed by atoms with E-state index in [9.17, 15) is 0 Å². The Labute approximate surface area is 108 Å². The first-order valence-electron chi connectivity index (χ1n) is 7.17. The average Bonchev–Trinajstić information content (AvgIpc) is 2.25. The summed E-state index contributed by atoms with van der Waals surface area (Å²) < 4.78 is 5.23. The van der Waals surface area contributed by atoms with Crippen molar-refractivity contribution in [3.05, 3.63) is 0 Å². The van der Waals surface area contributed by atoms with Crippen molar-refractivity contribution in [2.45, 2.75) is 58.9 Å². The zero-order valence-corrected chi connectivity index (χ0v) is 12.5. The van der Waals surface area contributed by atoms with Gasteiger partial charge in [0.15, 0.2) is 0 Å². The van der Waals surface area contributed by atoms with Gasteiger partial charge < -0.3 is 4.74 Å². The number of nitrogens with zero attached hydrogens (tertiary/aromatic N) is 1. The number of methoxy groups -OCH3 is 1. The van der Waals surface area contributed by atoms with Gasteiger partial charge in [-0.05, 0) is 45.4 Å². The summed E-state index contributed by atoms with van der Waals surface area (Å²) in [6, 6.07) is 0. The molecule has 0 N–H and O–H groups in total. The second-order valence-corrected chi connectivity index (χ2v) is 6.74. The molecule has 1 aliphatic carbocycles. The van der Waals surface area contributed by atoms with Crippen LogP contribution in [0.5, 0.6) is 0 Å². The van der Waals surface area contributed by atoms with Gasteiger partial charge in [-0.3, -0.25) is 4.90 Å². The summed E-state index contributed by atoms with van der Waals surface area (Å²) in [5, 5.41) is 0. The number of ether oxygens (including phenoxy) is 1. The van der Waals surface area contributed by atoms with Crippen LogP contribution in [0.2, 0.25) is 0 Å². The van der Waals surface area contributed by atoms with Crippen LogP contribution in [0, 0.1) is 11.8 Å². The fraction of sp³-hybridized carbons (Fsp3) is 1.00. The highest BCUT2D eigenvalue weighted by Gasteiger charge is 2.26. The van der Waals surface area contributed by atoms with Crippen molar-refractivity contribution < 1.29 is 4.74 Å². The zero-order valence-electron chi connectivity index (χ0n) is 12.5. The Morgan fingerprint density at radius 2 is 1.71 bits per heavy atom. The number of hydrogen-bond acceptors (Lipinski definition) is 2. The summed E-state index contributed by atoms with van der Waals surface area (Å²) in [6.07, 6.45) is 5.68. The Hall–Kier alpha value is -0.0800. The van der Waals surface area contributed by atoms with E-state index >= 15 is 0 Å². The third kappa shape index (κ3) is 5.39. The van der Waals surface area contributed by atoms with Gasteiger partial charge in [0.25, 0.3) is 0 Å². The molecule has 1 rings (SSSR count). The van der Waals surface area contributed by atoms with Gasteiger partial charge in [0.1, 0.15) is 0 Å². The first-order chi connectivity index (χ1) is 7.93. The molecule has 0 aromatic rings. The lowest BCUT2D eigenvalue weighted by atomic mass is 9.82. The van der Waals surface area contributed by atoms with E-state index in [0.717, 1.165) is 25.0 Å². The normalized spacial score (nSPS) is 26.5. The van der Waals surface area contributed by atoms with Crippen molar-refractivity contribution in [3.63, 3.8) is 0 Å². The topological polar surface area (TPSA) is 12.5 Å². The Bertz CT molecular complexity index is 201. The molecule has 0 heterocycles. The maximum absolute atomic E-state index is 5.23. The van der Waals surface area contributed by atoms with Crippen molar-refractivity contribution in [1.29, 1.82) is 0 Å². The van der Waals surface area contributed by atoms with E-state index in [1.807, 2.05) is 0 Å². The molecule has 0 aromatic carbocycles. The standard InChI is InChI=1S/C15H31NO/c1-13-6-8-14(9-7-13)12-16(10-11-17-5)15(2,3)4/h13-14H,6-12H2,1-5H3/t13-,14-. The van der Waals surface area contributed by atoms with Crippen LogP contribution in [-0.4, -0.2) is 37.2 Å². The van der Waals surface area contributed by atoms with Crippen LogP contribution < -0.4 is 0 Å². The molecule has 102 valence electrons. The van der Waals surface area contributed by atoms with Crippen LogP contribution in [0.15, 0.2) is 0 Å². The van der Waals surface area contributed by atoms with Gasteiger partial charge in [-0.1, -0.05) is 19.8 Å². The van der Waals surface area contributed by atoms with E-state index in [1.54, 1.807) is 7.11 Å². The molecule has 0 aromatic heterocycles. The molecule has 2 heteroatoms. The highest BCUT2D eigenvalue weighted by Crippen LogP contribution is 2.30. The molecule has 0 radical (unpaired) electrons. The maximum atomic E-state index is 5.23. The van der Waals surface area contributed by atoms with Crippen molar-refractivity contribution in [2.75, 3.05) is 26.8 Å². The molecular formula is C15H31NO. The van der Waals surface area contributed by atoms with Crippen LogP contribution in [0.25, 0.3) is 0 Å². The van der Waals surface area contributed by atoms with E-state index in [4.69, 9.17) is 4.74 Å². The first-order valence-corrected chi connectivity index (χ1v) is 7.17. The van der Waals surface area contributed by atoms with E-state index in [2.05, 4.69) is 32.6 Å². The molecule has 1 saturated carbocycles. The monoisotopic (exact) mass is 241 g/mol. The quantitative estimate of drug-likeness (QED) is 0.730. The highest BCUT2D eigenvalue weighted by molar-refractivity contribution is 4.80. The molecule has 17 heavy (non-hydrogen) atoms. The average molecular weight is 241 g/mol. The van der Waals surface area contributed by atoms with Gasteiger partial charge in [0, 0.05) is 25.7 Å². The number of rotatable bonds is 5. The van der Waals surface area contributed by atoms with E-state index < -0.39 is 0 Å². The molecule has 0 amide bonds. The van der Waals surface area contributed by atoms with Crippen LogP contribution in [-0.2, 0) is 4.74 Å². The molecule has 0 aliphatic heterocycles.